The number of nitrogens with two attached hydrogens (primary N) is 1. The first-order valence-corrected chi connectivity index (χ1v) is 6.72. The van der Waals surface area contributed by atoms with Crippen molar-refractivity contribution in [1.29, 1.82) is 0 Å². The summed E-state index contributed by atoms with van der Waals surface area (Å²) in [6.07, 6.45) is 6.28. The highest BCUT2D eigenvalue weighted by atomic mass is 15.1. The fraction of sp³-hybridized carbons (Fsp3) is 0.571. The van der Waals surface area contributed by atoms with E-state index in [1.165, 1.54) is 6.42 Å². The molecule has 2 rings (SSSR count). The summed E-state index contributed by atoms with van der Waals surface area (Å²) in [6, 6.07) is 3.95. The van der Waals surface area contributed by atoms with Gasteiger partial charge in [0, 0.05) is 19.7 Å². The standard InChI is InChI=1S/C14H22N4/c1-3-11(8-9-15)6-7-13-17-12-5-4-10-16-14(12)18(13)2/h4-5,10-11H,3,6-9,15H2,1-2H3. The molecule has 0 amide bonds. The van der Waals surface area contributed by atoms with Crippen molar-refractivity contribution in [2.24, 2.45) is 18.7 Å². The Hall–Kier alpha value is -1.42. The van der Waals surface area contributed by atoms with Gasteiger partial charge in [-0.05, 0) is 37.4 Å². The van der Waals surface area contributed by atoms with Crippen molar-refractivity contribution in [3.05, 3.63) is 24.2 Å². The van der Waals surface area contributed by atoms with Crippen LogP contribution in [0.4, 0.5) is 0 Å². The Morgan fingerprint density at radius 2 is 2.22 bits per heavy atom. The zero-order valence-corrected chi connectivity index (χ0v) is 11.3. The largest absolute Gasteiger partial charge is 0.330 e. The molecule has 0 spiro atoms. The maximum Gasteiger partial charge on any atom is 0.159 e. The highest BCUT2D eigenvalue weighted by molar-refractivity contribution is 5.70. The molecular formula is C14H22N4. The van der Waals surface area contributed by atoms with Gasteiger partial charge in [-0.3, -0.25) is 0 Å². The molecule has 0 aliphatic heterocycles. The van der Waals surface area contributed by atoms with Gasteiger partial charge in [0.25, 0.3) is 0 Å². The van der Waals surface area contributed by atoms with Gasteiger partial charge in [0.05, 0.1) is 0 Å². The van der Waals surface area contributed by atoms with E-state index < -0.39 is 0 Å². The molecule has 2 aromatic rings. The van der Waals surface area contributed by atoms with E-state index in [-0.39, 0.29) is 0 Å². The molecule has 0 aromatic carbocycles. The molecule has 0 saturated carbocycles. The van der Waals surface area contributed by atoms with Crippen LogP contribution in [0.5, 0.6) is 0 Å². The van der Waals surface area contributed by atoms with Crippen LogP contribution in [0.2, 0.25) is 0 Å². The highest BCUT2D eigenvalue weighted by Gasteiger charge is 2.11. The van der Waals surface area contributed by atoms with Gasteiger partial charge in [-0.25, -0.2) is 9.97 Å². The van der Waals surface area contributed by atoms with Gasteiger partial charge in [-0.15, -0.1) is 0 Å². The lowest BCUT2D eigenvalue weighted by atomic mass is 9.96. The third-order valence-electron chi connectivity index (χ3n) is 3.65. The van der Waals surface area contributed by atoms with Crippen LogP contribution in [0.15, 0.2) is 18.3 Å². The molecule has 0 aliphatic rings. The van der Waals surface area contributed by atoms with Gasteiger partial charge < -0.3 is 10.3 Å². The summed E-state index contributed by atoms with van der Waals surface area (Å²) in [7, 11) is 2.04. The summed E-state index contributed by atoms with van der Waals surface area (Å²) in [5, 5.41) is 0. The van der Waals surface area contributed by atoms with E-state index in [0.717, 1.165) is 42.8 Å². The lowest BCUT2D eigenvalue weighted by Crippen LogP contribution is -2.10. The maximum atomic E-state index is 5.63. The topological polar surface area (TPSA) is 56.7 Å². The van der Waals surface area contributed by atoms with Crippen molar-refractivity contribution in [2.45, 2.75) is 32.6 Å². The number of pyridine rings is 1. The molecule has 1 unspecified atom stereocenters. The molecule has 2 aromatic heterocycles. The van der Waals surface area contributed by atoms with Gasteiger partial charge in [0.1, 0.15) is 11.3 Å². The van der Waals surface area contributed by atoms with E-state index >= 15 is 0 Å². The number of hydrogen-bond donors (Lipinski definition) is 1. The zero-order chi connectivity index (χ0) is 13.0. The third-order valence-corrected chi connectivity index (χ3v) is 3.65. The first-order valence-electron chi connectivity index (χ1n) is 6.72. The molecule has 18 heavy (non-hydrogen) atoms. The normalized spacial score (nSPS) is 13.1. The van der Waals surface area contributed by atoms with Crippen molar-refractivity contribution in [3.8, 4) is 0 Å². The molecule has 4 heteroatoms. The minimum absolute atomic E-state index is 0.711. The fourth-order valence-electron chi connectivity index (χ4n) is 2.42. The summed E-state index contributed by atoms with van der Waals surface area (Å²) in [5.74, 6) is 1.84. The number of aromatic nitrogens is 3. The number of fused-ring (bicyclic) bond motifs is 1. The molecule has 4 nitrogen and oxygen atoms in total. The molecule has 2 heterocycles. The lowest BCUT2D eigenvalue weighted by Gasteiger charge is -2.12. The van der Waals surface area contributed by atoms with E-state index in [0.29, 0.717) is 5.92 Å². The smallest absolute Gasteiger partial charge is 0.159 e. The van der Waals surface area contributed by atoms with E-state index in [1.807, 2.05) is 25.4 Å². The van der Waals surface area contributed by atoms with Gasteiger partial charge in [0.15, 0.2) is 5.65 Å². The predicted octanol–water partition coefficient (Wildman–Crippen LogP) is 2.28. The lowest BCUT2D eigenvalue weighted by molar-refractivity contribution is 0.437. The molecule has 98 valence electrons. The zero-order valence-electron chi connectivity index (χ0n) is 11.3. The molecule has 0 saturated heterocycles. The average molecular weight is 246 g/mol. The van der Waals surface area contributed by atoms with Crippen LogP contribution in [0, 0.1) is 5.92 Å². The quantitative estimate of drug-likeness (QED) is 0.850. The van der Waals surface area contributed by atoms with Crippen molar-refractivity contribution in [3.63, 3.8) is 0 Å². The Kier molecular flexibility index (Phi) is 4.31. The Balaban J connectivity index is 2.09. The second kappa shape index (κ2) is 5.96. The van der Waals surface area contributed by atoms with E-state index in [9.17, 15) is 0 Å². The minimum Gasteiger partial charge on any atom is -0.330 e. The van der Waals surface area contributed by atoms with E-state index in [4.69, 9.17) is 5.73 Å². The number of rotatable bonds is 6. The highest BCUT2D eigenvalue weighted by Crippen LogP contribution is 2.18. The van der Waals surface area contributed by atoms with Crippen LogP contribution in [-0.2, 0) is 13.5 Å². The van der Waals surface area contributed by atoms with Gasteiger partial charge in [0.2, 0.25) is 0 Å². The van der Waals surface area contributed by atoms with Gasteiger partial charge in [-0.1, -0.05) is 13.3 Å². The Morgan fingerprint density at radius 3 is 2.89 bits per heavy atom. The summed E-state index contributed by atoms with van der Waals surface area (Å²) >= 11 is 0. The number of aryl methyl sites for hydroxylation is 2. The molecule has 0 bridgehead atoms. The predicted molar refractivity (Wildman–Crippen MR) is 74.3 cm³/mol. The summed E-state index contributed by atoms with van der Waals surface area (Å²) < 4.78 is 2.10. The van der Waals surface area contributed by atoms with Crippen molar-refractivity contribution >= 4 is 11.2 Å². The molecular weight excluding hydrogens is 224 g/mol. The maximum absolute atomic E-state index is 5.63. The SMILES string of the molecule is CCC(CCN)CCc1nc2cccnc2n1C. The summed E-state index contributed by atoms with van der Waals surface area (Å²) in [6.45, 7) is 3.01. The molecule has 0 fully saturated rings. The fourth-order valence-corrected chi connectivity index (χ4v) is 2.42. The number of imidazole rings is 1. The molecule has 1 atom stereocenters. The Bertz CT molecular complexity index is 503. The molecule has 2 N–H and O–H groups in total. The summed E-state index contributed by atoms with van der Waals surface area (Å²) in [4.78, 5) is 9.01. The monoisotopic (exact) mass is 246 g/mol. The Morgan fingerprint density at radius 1 is 1.39 bits per heavy atom. The van der Waals surface area contributed by atoms with Gasteiger partial charge >= 0.3 is 0 Å². The summed E-state index contributed by atoms with van der Waals surface area (Å²) in [5.41, 5.74) is 7.59. The minimum atomic E-state index is 0.711. The van der Waals surface area contributed by atoms with E-state index in [2.05, 4.69) is 21.5 Å². The van der Waals surface area contributed by atoms with Crippen LogP contribution in [0.25, 0.3) is 11.2 Å². The van der Waals surface area contributed by atoms with E-state index in [1.54, 1.807) is 0 Å². The first-order chi connectivity index (χ1) is 8.76. The third kappa shape index (κ3) is 2.70. The second-order valence-electron chi connectivity index (χ2n) is 4.82. The second-order valence-corrected chi connectivity index (χ2v) is 4.82. The van der Waals surface area contributed by atoms with Crippen LogP contribution in [-0.4, -0.2) is 21.1 Å². The first kappa shape index (κ1) is 13.0. The number of hydrogen-bond acceptors (Lipinski definition) is 3. The molecule has 0 aliphatic carbocycles. The van der Waals surface area contributed by atoms with Crippen LogP contribution in [0.1, 0.15) is 32.0 Å². The van der Waals surface area contributed by atoms with Crippen LogP contribution in [0.3, 0.4) is 0 Å². The van der Waals surface area contributed by atoms with Crippen molar-refractivity contribution in [1.82, 2.24) is 14.5 Å². The number of nitrogens with zero attached hydrogens (tertiary/aromatic N) is 3. The van der Waals surface area contributed by atoms with Gasteiger partial charge in [-0.2, -0.15) is 0 Å². The van der Waals surface area contributed by atoms with Crippen molar-refractivity contribution < 1.29 is 0 Å². The van der Waals surface area contributed by atoms with Crippen LogP contribution < -0.4 is 5.73 Å². The van der Waals surface area contributed by atoms with Crippen LogP contribution >= 0.6 is 0 Å². The van der Waals surface area contributed by atoms with Crippen molar-refractivity contribution in [2.75, 3.05) is 6.54 Å². The Labute approximate surface area is 108 Å². The average Bonchev–Trinajstić information content (AvgIpc) is 2.72. The molecule has 0 radical (unpaired) electrons.